The van der Waals surface area contributed by atoms with E-state index in [1.807, 2.05) is 13.8 Å². The van der Waals surface area contributed by atoms with Crippen molar-refractivity contribution in [1.29, 1.82) is 0 Å². The van der Waals surface area contributed by atoms with Gasteiger partial charge < -0.3 is 10.5 Å². The van der Waals surface area contributed by atoms with E-state index in [1.54, 1.807) is 0 Å². The van der Waals surface area contributed by atoms with Crippen LogP contribution in [0.1, 0.15) is 13.8 Å². The predicted octanol–water partition coefficient (Wildman–Crippen LogP) is 1.19. The normalized spacial score (nSPS) is 13.6. The molecule has 0 bridgehead atoms. The lowest BCUT2D eigenvalue weighted by Gasteiger charge is -2.20. The van der Waals surface area contributed by atoms with Crippen molar-refractivity contribution in [3.8, 4) is 0 Å². The van der Waals surface area contributed by atoms with Crippen LogP contribution in [0.5, 0.6) is 0 Å². The maximum Gasteiger partial charge on any atom is 0.304 e. The standard InChI is InChI=1S/C10H17N3O5S2/c1-6(2)7(5-18-3)12-20(16,17)9-4-8(13(14)15)10(11)19-9/h4,6-7,12H,5,11H2,1-3H3. The zero-order valence-electron chi connectivity index (χ0n) is 11.3. The molecule has 1 heterocycles. The SMILES string of the molecule is COCC(NS(=O)(=O)c1cc([N+](=O)[O-])c(N)s1)C(C)C. The molecule has 0 aliphatic carbocycles. The maximum atomic E-state index is 12.2. The summed E-state index contributed by atoms with van der Waals surface area (Å²) in [5.41, 5.74) is 5.05. The fourth-order valence-corrected chi connectivity index (χ4v) is 4.05. The molecule has 1 rings (SSSR count). The Morgan fingerprint density at radius 1 is 1.55 bits per heavy atom. The van der Waals surface area contributed by atoms with E-state index in [9.17, 15) is 18.5 Å². The van der Waals surface area contributed by atoms with E-state index in [4.69, 9.17) is 10.5 Å². The van der Waals surface area contributed by atoms with Crippen molar-refractivity contribution >= 4 is 32.0 Å². The van der Waals surface area contributed by atoms with Gasteiger partial charge in [-0.05, 0) is 5.92 Å². The van der Waals surface area contributed by atoms with Gasteiger partial charge in [-0.2, -0.15) is 0 Å². The average molecular weight is 323 g/mol. The van der Waals surface area contributed by atoms with Crippen LogP contribution in [0.15, 0.2) is 10.3 Å². The lowest BCUT2D eigenvalue weighted by atomic mass is 10.1. The van der Waals surface area contributed by atoms with Crippen LogP contribution in [0, 0.1) is 16.0 Å². The molecule has 3 N–H and O–H groups in total. The van der Waals surface area contributed by atoms with E-state index in [1.165, 1.54) is 7.11 Å². The van der Waals surface area contributed by atoms with E-state index < -0.39 is 26.7 Å². The molecule has 0 spiro atoms. The molecule has 1 aromatic rings. The minimum absolute atomic E-state index is 0.0111. The van der Waals surface area contributed by atoms with Gasteiger partial charge in [-0.25, -0.2) is 13.1 Å². The van der Waals surface area contributed by atoms with Crippen molar-refractivity contribution in [3.63, 3.8) is 0 Å². The molecule has 0 saturated carbocycles. The third-order valence-electron chi connectivity index (χ3n) is 2.64. The van der Waals surface area contributed by atoms with Crippen LogP contribution in [0.25, 0.3) is 0 Å². The molecule has 0 aliphatic rings. The number of hydrogen-bond acceptors (Lipinski definition) is 7. The number of nitrogens with zero attached hydrogens (tertiary/aromatic N) is 1. The van der Waals surface area contributed by atoms with Gasteiger partial charge in [0, 0.05) is 19.2 Å². The van der Waals surface area contributed by atoms with Crippen LogP contribution in [0.4, 0.5) is 10.7 Å². The van der Waals surface area contributed by atoms with Crippen molar-refractivity contribution in [3.05, 3.63) is 16.2 Å². The van der Waals surface area contributed by atoms with Gasteiger partial charge in [-0.1, -0.05) is 25.2 Å². The monoisotopic (exact) mass is 323 g/mol. The summed E-state index contributed by atoms with van der Waals surface area (Å²) in [6.07, 6.45) is 0. The molecular formula is C10H17N3O5S2. The van der Waals surface area contributed by atoms with Gasteiger partial charge in [0.15, 0.2) is 5.00 Å². The fourth-order valence-electron chi connectivity index (χ4n) is 1.45. The van der Waals surface area contributed by atoms with Gasteiger partial charge >= 0.3 is 5.69 Å². The highest BCUT2D eigenvalue weighted by Crippen LogP contribution is 2.34. The molecule has 1 unspecified atom stereocenters. The molecule has 1 atom stereocenters. The molecular weight excluding hydrogens is 306 g/mol. The lowest BCUT2D eigenvalue weighted by molar-refractivity contribution is -0.383. The zero-order chi connectivity index (χ0) is 15.5. The Labute approximate surface area is 121 Å². The second-order valence-corrected chi connectivity index (χ2v) is 7.52. The van der Waals surface area contributed by atoms with Gasteiger partial charge in [0.1, 0.15) is 4.21 Å². The second kappa shape index (κ2) is 6.48. The van der Waals surface area contributed by atoms with Crippen molar-refractivity contribution in [2.45, 2.75) is 24.1 Å². The lowest BCUT2D eigenvalue weighted by Crippen LogP contribution is -2.41. The van der Waals surface area contributed by atoms with Crippen LogP contribution in [0.2, 0.25) is 0 Å². The Morgan fingerprint density at radius 3 is 2.55 bits per heavy atom. The van der Waals surface area contributed by atoms with Crippen LogP contribution >= 0.6 is 11.3 Å². The number of thiophene rings is 1. The Balaban J connectivity index is 3.04. The van der Waals surface area contributed by atoms with E-state index >= 15 is 0 Å². The molecule has 0 fully saturated rings. The second-order valence-electron chi connectivity index (χ2n) is 4.50. The van der Waals surface area contributed by atoms with E-state index in [0.29, 0.717) is 11.3 Å². The highest BCUT2D eigenvalue weighted by molar-refractivity contribution is 7.91. The number of methoxy groups -OCH3 is 1. The van der Waals surface area contributed by atoms with Crippen molar-refractivity contribution in [2.75, 3.05) is 19.5 Å². The molecule has 0 radical (unpaired) electrons. The number of rotatable bonds is 7. The zero-order valence-corrected chi connectivity index (χ0v) is 13.0. The third kappa shape index (κ3) is 3.88. The van der Waals surface area contributed by atoms with Gasteiger partial charge in [0.05, 0.1) is 11.5 Å². The Hall–Kier alpha value is -1.23. The molecule has 8 nitrogen and oxygen atoms in total. The molecule has 1 aromatic heterocycles. The van der Waals surface area contributed by atoms with Crippen molar-refractivity contribution in [1.82, 2.24) is 4.72 Å². The first-order valence-electron chi connectivity index (χ1n) is 5.74. The Bertz CT molecular complexity index is 582. The summed E-state index contributed by atoms with van der Waals surface area (Å²) in [5, 5.41) is 10.6. The number of nitro groups is 1. The first-order valence-corrected chi connectivity index (χ1v) is 8.04. The smallest absolute Gasteiger partial charge is 0.304 e. The number of nitrogens with one attached hydrogen (secondary N) is 1. The number of nitrogen functional groups attached to an aromatic ring is 1. The fraction of sp³-hybridized carbons (Fsp3) is 0.600. The van der Waals surface area contributed by atoms with Gasteiger partial charge in [0.2, 0.25) is 0 Å². The first kappa shape index (κ1) is 16.8. The van der Waals surface area contributed by atoms with Crippen LogP contribution < -0.4 is 10.5 Å². The van der Waals surface area contributed by atoms with Crippen LogP contribution in [-0.2, 0) is 14.8 Å². The number of nitrogens with two attached hydrogens (primary N) is 1. The van der Waals surface area contributed by atoms with E-state index in [0.717, 1.165) is 6.07 Å². The summed E-state index contributed by atoms with van der Waals surface area (Å²) in [5.74, 6) is 0.0111. The third-order valence-corrected chi connectivity index (χ3v) is 5.55. The predicted molar refractivity (Wildman–Crippen MR) is 76.2 cm³/mol. The average Bonchev–Trinajstić information content (AvgIpc) is 2.71. The van der Waals surface area contributed by atoms with E-state index in [2.05, 4.69) is 4.72 Å². The number of hydrogen-bond donors (Lipinski definition) is 2. The molecule has 0 amide bonds. The molecule has 20 heavy (non-hydrogen) atoms. The highest BCUT2D eigenvalue weighted by Gasteiger charge is 2.28. The van der Waals surface area contributed by atoms with Crippen molar-refractivity contribution in [2.24, 2.45) is 5.92 Å². The van der Waals surface area contributed by atoms with E-state index in [-0.39, 0.29) is 21.7 Å². The molecule has 0 saturated heterocycles. The maximum absolute atomic E-state index is 12.2. The number of sulfonamides is 1. The molecule has 10 heteroatoms. The minimum Gasteiger partial charge on any atom is -0.385 e. The summed E-state index contributed by atoms with van der Waals surface area (Å²) in [6.45, 7) is 3.90. The number of anilines is 1. The summed E-state index contributed by atoms with van der Waals surface area (Å²) in [6, 6.07) is 0.541. The molecule has 114 valence electrons. The first-order chi connectivity index (χ1) is 9.19. The van der Waals surface area contributed by atoms with Gasteiger partial charge in [-0.15, -0.1) is 0 Å². The molecule has 0 aromatic carbocycles. The van der Waals surface area contributed by atoms with Gasteiger partial charge in [0.25, 0.3) is 10.0 Å². The Kier molecular flexibility index (Phi) is 5.45. The highest BCUT2D eigenvalue weighted by atomic mass is 32.2. The summed E-state index contributed by atoms with van der Waals surface area (Å²) in [7, 11) is -2.39. The largest absolute Gasteiger partial charge is 0.385 e. The minimum atomic E-state index is -3.86. The summed E-state index contributed by atoms with van der Waals surface area (Å²) >= 11 is 0.666. The molecule has 0 aliphatic heterocycles. The van der Waals surface area contributed by atoms with Crippen LogP contribution in [0.3, 0.4) is 0 Å². The Morgan fingerprint density at radius 2 is 2.15 bits per heavy atom. The van der Waals surface area contributed by atoms with Crippen molar-refractivity contribution < 1.29 is 18.1 Å². The topological polar surface area (TPSA) is 125 Å². The quantitative estimate of drug-likeness (QED) is 0.573. The van der Waals surface area contributed by atoms with Crippen LogP contribution in [-0.4, -0.2) is 33.1 Å². The number of ether oxygens (including phenoxy) is 1. The summed E-state index contributed by atoms with van der Waals surface area (Å²) < 4.78 is 31.6. The summed E-state index contributed by atoms with van der Waals surface area (Å²) in [4.78, 5) is 9.98. The van der Waals surface area contributed by atoms with Gasteiger partial charge in [-0.3, -0.25) is 10.1 Å².